The Balaban J connectivity index is 2.51. The summed E-state index contributed by atoms with van der Waals surface area (Å²) in [5.41, 5.74) is 2.33. The van der Waals surface area contributed by atoms with Crippen molar-refractivity contribution < 1.29 is 0 Å². The summed E-state index contributed by atoms with van der Waals surface area (Å²) in [5.74, 6) is 0. The van der Waals surface area contributed by atoms with Crippen molar-refractivity contribution in [3.8, 4) is 0 Å². The van der Waals surface area contributed by atoms with E-state index < -0.39 is 0 Å². The van der Waals surface area contributed by atoms with Crippen molar-refractivity contribution in [2.45, 2.75) is 0 Å². The summed E-state index contributed by atoms with van der Waals surface area (Å²) < 4.78 is 0. The van der Waals surface area contributed by atoms with Gasteiger partial charge in [0.05, 0.1) is 0 Å². The van der Waals surface area contributed by atoms with Gasteiger partial charge < -0.3 is 0 Å². The second-order valence-corrected chi connectivity index (χ2v) is 4.40. The normalized spacial score (nSPS) is 10.7. The first-order chi connectivity index (χ1) is 8.83. The fraction of sp³-hybridized carbons (Fsp3) is 0. The molecular weight excluding hydrogens is 216 g/mol. The van der Waals surface area contributed by atoms with Crippen LogP contribution in [0.3, 0.4) is 0 Å². The summed E-state index contributed by atoms with van der Waals surface area (Å²) in [6.07, 6.45) is 3.79. The van der Waals surface area contributed by atoms with Crippen LogP contribution >= 0.6 is 0 Å². The van der Waals surface area contributed by atoms with E-state index in [2.05, 4.69) is 61.7 Å². The van der Waals surface area contributed by atoms with Crippen molar-refractivity contribution >= 4 is 33.7 Å². The summed E-state index contributed by atoms with van der Waals surface area (Å²) >= 11 is 0. The van der Waals surface area contributed by atoms with Gasteiger partial charge in [-0.3, -0.25) is 0 Å². The minimum absolute atomic E-state index is 1.15. The summed E-state index contributed by atoms with van der Waals surface area (Å²) in [6.45, 7) is 7.71. The summed E-state index contributed by atoms with van der Waals surface area (Å²) in [4.78, 5) is 0. The van der Waals surface area contributed by atoms with Crippen LogP contribution in [-0.2, 0) is 0 Å². The van der Waals surface area contributed by atoms with Crippen LogP contribution in [0.15, 0.2) is 61.7 Å². The quantitative estimate of drug-likeness (QED) is 0.525. The molecule has 0 bridgehead atoms. The van der Waals surface area contributed by atoms with Crippen LogP contribution in [0, 0.1) is 0 Å². The fourth-order valence-corrected chi connectivity index (χ4v) is 2.43. The molecule has 0 nitrogen and oxygen atoms in total. The highest BCUT2D eigenvalue weighted by Crippen LogP contribution is 2.29. The zero-order valence-electron chi connectivity index (χ0n) is 10.2. The van der Waals surface area contributed by atoms with Crippen LogP contribution in [0.1, 0.15) is 11.1 Å². The molecule has 0 fully saturated rings. The van der Waals surface area contributed by atoms with Crippen LogP contribution in [0.4, 0.5) is 0 Å². The molecular formula is C18H14. The van der Waals surface area contributed by atoms with Crippen molar-refractivity contribution in [2.24, 2.45) is 0 Å². The van der Waals surface area contributed by atoms with E-state index in [0.717, 1.165) is 5.56 Å². The Bertz CT molecular complexity index is 763. The smallest absolute Gasteiger partial charge is 0.00992 e. The highest BCUT2D eigenvalue weighted by Gasteiger charge is 2.03. The minimum atomic E-state index is 1.15. The van der Waals surface area contributed by atoms with E-state index in [1.165, 1.54) is 27.1 Å². The Morgan fingerprint density at radius 2 is 1.56 bits per heavy atom. The van der Waals surface area contributed by atoms with E-state index in [0.29, 0.717) is 0 Å². The zero-order chi connectivity index (χ0) is 12.5. The number of benzene rings is 3. The molecule has 0 heterocycles. The predicted molar refractivity (Wildman–Crippen MR) is 81.6 cm³/mol. The molecule has 0 aliphatic rings. The molecule has 0 spiro atoms. The lowest BCUT2D eigenvalue weighted by atomic mass is 9.97. The molecule has 0 aromatic heterocycles. The molecule has 0 amide bonds. The monoisotopic (exact) mass is 230 g/mol. The maximum absolute atomic E-state index is 3.88. The van der Waals surface area contributed by atoms with Gasteiger partial charge in [-0.1, -0.05) is 67.8 Å². The van der Waals surface area contributed by atoms with Gasteiger partial charge >= 0.3 is 0 Å². The van der Waals surface area contributed by atoms with E-state index in [-0.39, 0.29) is 0 Å². The van der Waals surface area contributed by atoms with Crippen LogP contribution < -0.4 is 0 Å². The number of rotatable bonds is 2. The first-order valence-corrected chi connectivity index (χ1v) is 6.04. The maximum Gasteiger partial charge on any atom is -0.00992 e. The molecule has 0 radical (unpaired) electrons. The van der Waals surface area contributed by atoms with E-state index in [9.17, 15) is 0 Å². The molecule has 0 heteroatoms. The van der Waals surface area contributed by atoms with Gasteiger partial charge in [-0.25, -0.2) is 0 Å². The van der Waals surface area contributed by atoms with Crippen molar-refractivity contribution in [3.63, 3.8) is 0 Å². The molecule has 0 saturated heterocycles. The molecule has 86 valence electrons. The lowest BCUT2D eigenvalue weighted by molar-refractivity contribution is 1.71. The fourth-order valence-electron chi connectivity index (χ4n) is 2.43. The molecule has 0 aliphatic heterocycles. The lowest BCUT2D eigenvalue weighted by Crippen LogP contribution is -1.82. The number of fused-ring (bicyclic) bond motifs is 3. The molecule has 0 unspecified atom stereocenters. The summed E-state index contributed by atoms with van der Waals surface area (Å²) in [7, 11) is 0. The molecule has 18 heavy (non-hydrogen) atoms. The first kappa shape index (κ1) is 10.8. The predicted octanol–water partition coefficient (Wildman–Crippen LogP) is 5.28. The van der Waals surface area contributed by atoms with Gasteiger partial charge in [-0.2, -0.15) is 0 Å². The van der Waals surface area contributed by atoms with Crippen LogP contribution in [0.25, 0.3) is 33.7 Å². The van der Waals surface area contributed by atoms with Crippen molar-refractivity contribution in [1.82, 2.24) is 0 Å². The van der Waals surface area contributed by atoms with Gasteiger partial charge in [0.15, 0.2) is 0 Å². The van der Waals surface area contributed by atoms with Gasteiger partial charge in [-0.15, -0.1) is 0 Å². The van der Waals surface area contributed by atoms with Gasteiger partial charge in [0.2, 0.25) is 0 Å². The van der Waals surface area contributed by atoms with Gasteiger partial charge in [0.1, 0.15) is 0 Å². The molecule has 0 aliphatic carbocycles. The van der Waals surface area contributed by atoms with Gasteiger partial charge in [-0.05, 0) is 38.7 Å². The first-order valence-electron chi connectivity index (χ1n) is 6.04. The Morgan fingerprint density at radius 1 is 0.722 bits per heavy atom. The van der Waals surface area contributed by atoms with Gasteiger partial charge in [0, 0.05) is 0 Å². The van der Waals surface area contributed by atoms with E-state index >= 15 is 0 Å². The molecule has 3 aromatic carbocycles. The average molecular weight is 230 g/mol. The number of hydrogen-bond acceptors (Lipinski definition) is 0. The third-order valence-corrected chi connectivity index (χ3v) is 3.39. The number of hydrogen-bond donors (Lipinski definition) is 0. The molecule has 0 saturated carbocycles. The van der Waals surface area contributed by atoms with E-state index in [1.807, 2.05) is 12.2 Å². The average Bonchev–Trinajstić information content (AvgIpc) is 2.45. The topological polar surface area (TPSA) is 0 Å². The lowest BCUT2D eigenvalue weighted by Gasteiger charge is -2.07. The van der Waals surface area contributed by atoms with E-state index in [1.54, 1.807) is 0 Å². The van der Waals surface area contributed by atoms with Crippen molar-refractivity contribution in [3.05, 3.63) is 72.8 Å². The Labute approximate surface area is 107 Å². The molecule has 0 N–H and O–H groups in total. The second-order valence-electron chi connectivity index (χ2n) is 4.40. The minimum Gasteiger partial charge on any atom is -0.0985 e. The maximum atomic E-state index is 3.88. The summed E-state index contributed by atoms with van der Waals surface area (Å²) in [6, 6.07) is 17.1. The third kappa shape index (κ3) is 1.54. The highest BCUT2D eigenvalue weighted by atomic mass is 14.1. The van der Waals surface area contributed by atoms with Crippen molar-refractivity contribution in [1.29, 1.82) is 0 Å². The molecule has 3 rings (SSSR count). The van der Waals surface area contributed by atoms with E-state index in [4.69, 9.17) is 0 Å². The Morgan fingerprint density at radius 3 is 2.33 bits per heavy atom. The van der Waals surface area contributed by atoms with Crippen molar-refractivity contribution in [2.75, 3.05) is 0 Å². The zero-order valence-corrected chi connectivity index (χ0v) is 10.2. The largest absolute Gasteiger partial charge is 0.0985 e. The summed E-state index contributed by atoms with van der Waals surface area (Å²) in [5, 5.41) is 5.05. The van der Waals surface area contributed by atoms with Crippen LogP contribution in [0.2, 0.25) is 0 Å². The SMILES string of the molecule is C=Cc1ccc2ccc3c(C=C)cccc3c2c1. The Kier molecular flexibility index (Phi) is 2.49. The van der Waals surface area contributed by atoms with Crippen LogP contribution in [-0.4, -0.2) is 0 Å². The Hall–Kier alpha value is -2.34. The van der Waals surface area contributed by atoms with Crippen LogP contribution in [0.5, 0.6) is 0 Å². The standard InChI is InChI=1S/C18H14/c1-3-13-8-9-15-10-11-16-14(4-2)6-5-7-17(16)18(15)12-13/h3-12H,1-2H2. The highest BCUT2D eigenvalue weighted by molar-refractivity contribution is 6.10. The molecule has 3 aromatic rings. The third-order valence-electron chi connectivity index (χ3n) is 3.39. The second kappa shape index (κ2) is 4.15. The molecule has 0 atom stereocenters. The van der Waals surface area contributed by atoms with Gasteiger partial charge in [0.25, 0.3) is 0 Å².